The van der Waals surface area contributed by atoms with E-state index in [1.54, 1.807) is 0 Å². The maximum Gasteiger partial charge on any atom is 0.0237 e. The highest BCUT2D eigenvalue weighted by atomic mass is 79.9. The fourth-order valence-corrected chi connectivity index (χ4v) is 2.78. The molecule has 0 aromatic heterocycles. The summed E-state index contributed by atoms with van der Waals surface area (Å²) in [4.78, 5) is 2.52. The third kappa shape index (κ3) is 2.84. The molecule has 1 aromatic rings. The Kier molecular flexibility index (Phi) is 4.00. The van der Waals surface area contributed by atoms with Gasteiger partial charge in [0.15, 0.2) is 0 Å². The Morgan fingerprint density at radius 2 is 1.94 bits per heavy atom. The predicted octanol–water partition coefficient (Wildman–Crippen LogP) is 2.47. The second-order valence-electron chi connectivity index (χ2n) is 4.56. The smallest absolute Gasteiger partial charge is 0.0237 e. The number of nitrogens with zero attached hydrogens (tertiary/aromatic N) is 1. The van der Waals surface area contributed by atoms with Crippen LogP contribution in [0.3, 0.4) is 0 Å². The van der Waals surface area contributed by atoms with Crippen molar-refractivity contribution in [2.75, 3.05) is 26.2 Å². The molecule has 0 amide bonds. The molecule has 1 fully saturated rings. The zero-order chi connectivity index (χ0) is 11.5. The molecule has 3 heteroatoms. The van der Waals surface area contributed by atoms with Gasteiger partial charge in [0, 0.05) is 37.2 Å². The van der Waals surface area contributed by atoms with Crippen molar-refractivity contribution in [1.82, 2.24) is 10.2 Å². The van der Waals surface area contributed by atoms with Crippen molar-refractivity contribution in [3.8, 4) is 0 Å². The first-order chi connectivity index (χ1) is 7.66. The van der Waals surface area contributed by atoms with Crippen molar-refractivity contribution >= 4 is 15.9 Å². The van der Waals surface area contributed by atoms with Crippen LogP contribution in [0.2, 0.25) is 0 Å². The summed E-state index contributed by atoms with van der Waals surface area (Å²) in [5.41, 5.74) is 4.17. The molecule has 1 saturated heterocycles. The van der Waals surface area contributed by atoms with Crippen molar-refractivity contribution < 1.29 is 0 Å². The monoisotopic (exact) mass is 282 g/mol. The minimum Gasteiger partial charge on any atom is -0.314 e. The maximum absolute atomic E-state index is 3.63. The van der Waals surface area contributed by atoms with Crippen LogP contribution in [-0.2, 0) is 6.54 Å². The molecule has 1 aliphatic rings. The highest BCUT2D eigenvalue weighted by Gasteiger charge is 2.12. The van der Waals surface area contributed by atoms with Gasteiger partial charge in [-0.05, 0) is 36.6 Å². The van der Waals surface area contributed by atoms with E-state index in [0.29, 0.717) is 0 Å². The minimum absolute atomic E-state index is 1.08. The largest absolute Gasteiger partial charge is 0.314 e. The van der Waals surface area contributed by atoms with Gasteiger partial charge in [0.2, 0.25) is 0 Å². The van der Waals surface area contributed by atoms with Crippen molar-refractivity contribution in [2.24, 2.45) is 0 Å². The molecule has 2 rings (SSSR count). The Balaban J connectivity index is 2.13. The summed E-state index contributed by atoms with van der Waals surface area (Å²) >= 11 is 3.63. The number of benzene rings is 1. The van der Waals surface area contributed by atoms with E-state index < -0.39 is 0 Å². The molecule has 2 nitrogen and oxygen atoms in total. The molecule has 0 saturated carbocycles. The van der Waals surface area contributed by atoms with Gasteiger partial charge in [-0.2, -0.15) is 0 Å². The lowest BCUT2D eigenvalue weighted by Crippen LogP contribution is -2.43. The zero-order valence-electron chi connectivity index (χ0n) is 10.0. The highest BCUT2D eigenvalue weighted by molar-refractivity contribution is 9.10. The predicted molar refractivity (Wildman–Crippen MR) is 71.8 cm³/mol. The fraction of sp³-hybridized carbons (Fsp3) is 0.538. The first-order valence-electron chi connectivity index (χ1n) is 5.85. The lowest BCUT2D eigenvalue weighted by Gasteiger charge is -2.28. The number of halogens is 1. The number of aryl methyl sites for hydroxylation is 1. The van der Waals surface area contributed by atoms with Gasteiger partial charge in [-0.25, -0.2) is 0 Å². The van der Waals surface area contributed by atoms with E-state index in [9.17, 15) is 0 Å². The summed E-state index contributed by atoms with van der Waals surface area (Å²) in [6.45, 7) is 9.98. The maximum atomic E-state index is 3.63. The van der Waals surface area contributed by atoms with Gasteiger partial charge in [0.1, 0.15) is 0 Å². The molecule has 0 spiro atoms. The van der Waals surface area contributed by atoms with E-state index in [1.165, 1.54) is 21.2 Å². The average molecular weight is 283 g/mol. The van der Waals surface area contributed by atoms with Crippen LogP contribution in [0.1, 0.15) is 16.7 Å². The quantitative estimate of drug-likeness (QED) is 0.897. The molecule has 1 heterocycles. The van der Waals surface area contributed by atoms with Gasteiger partial charge in [-0.1, -0.05) is 22.0 Å². The van der Waals surface area contributed by atoms with Crippen LogP contribution in [0, 0.1) is 13.8 Å². The van der Waals surface area contributed by atoms with Crippen molar-refractivity contribution in [3.63, 3.8) is 0 Å². The van der Waals surface area contributed by atoms with Crippen LogP contribution in [0.15, 0.2) is 16.6 Å². The lowest BCUT2D eigenvalue weighted by molar-refractivity contribution is 0.233. The topological polar surface area (TPSA) is 15.3 Å². The van der Waals surface area contributed by atoms with E-state index >= 15 is 0 Å². The van der Waals surface area contributed by atoms with E-state index in [1.807, 2.05) is 0 Å². The molecule has 0 atom stereocenters. The molecule has 16 heavy (non-hydrogen) atoms. The molecule has 0 aliphatic carbocycles. The first kappa shape index (κ1) is 12.1. The van der Waals surface area contributed by atoms with Crippen LogP contribution in [0.25, 0.3) is 0 Å². The van der Waals surface area contributed by atoms with Crippen molar-refractivity contribution in [3.05, 3.63) is 33.3 Å². The molecular formula is C13H19BrN2. The number of hydrogen-bond donors (Lipinski definition) is 1. The Morgan fingerprint density at radius 1 is 1.25 bits per heavy atom. The Bertz CT molecular complexity index is 370. The third-order valence-electron chi connectivity index (χ3n) is 3.20. The number of hydrogen-bond acceptors (Lipinski definition) is 2. The summed E-state index contributed by atoms with van der Waals surface area (Å²) in [7, 11) is 0. The Morgan fingerprint density at radius 3 is 2.62 bits per heavy atom. The second kappa shape index (κ2) is 5.30. The van der Waals surface area contributed by atoms with E-state index in [0.717, 1.165) is 32.7 Å². The molecule has 88 valence electrons. The average Bonchev–Trinajstić information content (AvgIpc) is 2.27. The minimum atomic E-state index is 1.08. The molecule has 0 bridgehead atoms. The third-order valence-corrected chi connectivity index (χ3v) is 4.02. The van der Waals surface area contributed by atoms with Crippen molar-refractivity contribution in [1.29, 1.82) is 0 Å². The summed E-state index contributed by atoms with van der Waals surface area (Å²) in [5.74, 6) is 0. The zero-order valence-corrected chi connectivity index (χ0v) is 11.6. The molecule has 0 unspecified atom stereocenters. The summed E-state index contributed by atoms with van der Waals surface area (Å²) in [5, 5.41) is 3.39. The summed E-state index contributed by atoms with van der Waals surface area (Å²) in [6, 6.07) is 4.50. The van der Waals surface area contributed by atoms with Crippen LogP contribution >= 0.6 is 15.9 Å². The van der Waals surface area contributed by atoms with Crippen LogP contribution in [0.5, 0.6) is 0 Å². The van der Waals surface area contributed by atoms with Gasteiger partial charge in [-0.15, -0.1) is 0 Å². The Labute approximate surface area is 106 Å². The molecule has 1 aromatic carbocycles. The summed E-state index contributed by atoms with van der Waals surface area (Å²) < 4.78 is 1.23. The van der Waals surface area contributed by atoms with Crippen LogP contribution in [-0.4, -0.2) is 31.1 Å². The normalized spacial score (nSPS) is 17.7. The molecule has 0 radical (unpaired) electrons. The van der Waals surface area contributed by atoms with E-state index in [2.05, 4.69) is 52.1 Å². The van der Waals surface area contributed by atoms with Gasteiger partial charge < -0.3 is 5.32 Å². The van der Waals surface area contributed by atoms with Crippen LogP contribution in [0.4, 0.5) is 0 Å². The van der Waals surface area contributed by atoms with Gasteiger partial charge in [0.05, 0.1) is 0 Å². The first-order valence-corrected chi connectivity index (χ1v) is 6.65. The van der Waals surface area contributed by atoms with Gasteiger partial charge in [-0.3, -0.25) is 4.90 Å². The lowest BCUT2D eigenvalue weighted by atomic mass is 10.0. The molecular weight excluding hydrogens is 264 g/mol. The second-order valence-corrected chi connectivity index (χ2v) is 5.41. The van der Waals surface area contributed by atoms with Gasteiger partial charge in [0.25, 0.3) is 0 Å². The van der Waals surface area contributed by atoms with E-state index in [4.69, 9.17) is 0 Å². The summed E-state index contributed by atoms with van der Waals surface area (Å²) in [6.07, 6.45) is 0. The fourth-order valence-electron chi connectivity index (χ4n) is 2.16. The number of rotatable bonds is 2. The highest BCUT2D eigenvalue weighted by Crippen LogP contribution is 2.23. The van der Waals surface area contributed by atoms with E-state index in [-0.39, 0.29) is 0 Å². The standard InChI is InChI=1S/C13H19BrN2/c1-10-7-12(11(2)13(14)8-10)9-16-5-3-15-4-6-16/h7-8,15H,3-6,9H2,1-2H3. The van der Waals surface area contributed by atoms with Gasteiger partial charge >= 0.3 is 0 Å². The number of piperazine rings is 1. The molecule has 1 aliphatic heterocycles. The van der Waals surface area contributed by atoms with Crippen molar-refractivity contribution in [2.45, 2.75) is 20.4 Å². The molecule has 1 N–H and O–H groups in total. The Hall–Kier alpha value is -0.380. The van der Waals surface area contributed by atoms with Crippen LogP contribution < -0.4 is 5.32 Å². The SMILES string of the molecule is Cc1cc(Br)c(C)c(CN2CCNCC2)c1. The number of nitrogens with one attached hydrogen (secondary N) is 1.